The molecule has 3 N–H and O–H groups in total. The molecule has 1 aliphatic rings. The van der Waals surface area contributed by atoms with Crippen molar-refractivity contribution in [3.05, 3.63) is 52.9 Å². The highest BCUT2D eigenvalue weighted by molar-refractivity contribution is 6.05. The Morgan fingerprint density at radius 2 is 1.86 bits per heavy atom. The largest absolute Gasteiger partial charge is 0.454 e. The number of amides is 2. The number of para-hydroxylation sites is 1. The molecule has 2 heterocycles. The number of rotatable bonds is 5. The van der Waals surface area contributed by atoms with Crippen LogP contribution in [0.4, 0.5) is 21.9 Å². The second kappa shape index (κ2) is 7.51. The van der Waals surface area contributed by atoms with Crippen LogP contribution >= 0.6 is 0 Å². The van der Waals surface area contributed by atoms with Gasteiger partial charge in [0.05, 0.1) is 5.69 Å². The van der Waals surface area contributed by atoms with Gasteiger partial charge in [-0.25, -0.2) is 9.59 Å². The van der Waals surface area contributed by atoms with Crippen LogP contribution in [0.1, 0.15) is 13.3 Å². The number of hydrogen-bond acceptors (Lipinski definition) is 6. The zero-order valence-corrected chi connectivity index (χ0v) is 15.2. The van der Waals surface area contributed by atoms with E-state index in [1.807, 2.05) is 19.1 Å². The molecule has 3 aromatic rings. The molecule has 1 aromatic heterocycles. The van der Waals surface area contributed by atoms with Gasteiger partial charge >= 0.3 is 11.7 Å². The van der Waals surface area contributed by atoms with E-state index in [1.165, 1.54) is 0 Å². The first kappa shape index (κ1) is 17.7. The third-order valence-corrected chi connectivity index (χ3v) is 4.23. The second-order valence-corrected chi connectivity index (χ2v) is 6.21. The highest BCUT2D eigenvalue weighted by Gasteiger charge is 2.18. The summed E-state index contributed by atoms with van der Waals surface area (Å²) in [5, 5.41) is 9.22. The van der Waals surface area contributed by atoms with Gasteiger partial charge in [-0.3, -0.25) is 5.32 Å². The van der Waals surface area contributed by atoms with E-state index in [0.29, 0.717) is 40.4 Å². The van der Waals surface area contributed by atoms with E-state index in [4.69, 9.17) is 13.9 Å². The van der Waals surface area contributed by atoms with Gasteiger partial charge in [-0.1, -0.05) is 19.1 Å². The molecular weight excluding hydrogens is 362 g/mol. The van der Waals surface area contributed by atoms with E-state index in [1.54, 1.807) is 30.3 Å². The maximum atomic E-state index is 12.5. The summed E-state index contributed by atoms with van der Waals surface area (Å²) in [4.78, 5) is 25.0. The molecule has 0 aliphatic carbocycles. The van der Waals surface area contributed by atoms with Crippen molar-refractivity contribution in [3.8, 4) is 11.5 Å². The van der Waals surface area contributed by atoms with Crippen molar-refractivity contribution in [1.82, 2.24) is 0 Å². The van der Waals surface area contributed by atoms with Gasteiger partial charge in [0.1, 0.15) is 5.58 Å². The standard InChI is InChI=1S/C20H19N3O5/c1-2-9-21-17-13-5-3-4-6-14(13)28-19(24)18(17)23-20(25)22-12-7-8-15-16(10-12)27-11-26-15/h3-8,10,21H,2,9,11H2,1H3,(H2,22,23,25). The molecule has 8 nitrogen and oxygen atoms in total. The minimum Gasteiger partial charge on any atom is -0.454 e. The van der Waals surface area contributed by atoms with Crippen molar-refractivity contribution in [1.29, 1.82) is 0 Å². The van der Waals surface area contributed by atoms with Gasteiger partial charge in [0, 0.05) is 23.7 Å². The SMILES string of the molecule is CCCNc1c(NC(=O)Nc2ccc3c(c2)OCO3)c(=O)oc2ccccc12. The summed E-state index contributed by atoms with van der Waals surface area (Å²) < 4.78 is 15.9. The normalized spacial score (nSPS) is 12.0. The van der Waals surface area contributed by atoms with Crippen LogP contribution in [0, 0.1) is 0 Å². The first-order valence-electron chi connectivity index (χ1n) is 8.93. The van der Waals surface area contributed by atoms with Crippen LogP contribution in [0.15, 0.2) is 51.7 Å². The predicted octanol–water partition coefficient (Wildman–Crippen LogP) is 3.99. The maximum Gasteiger partial charge on any atom is 0.362 e. The summed E-state index contributed by atoms with van der Waals surface area (Å²) in [5.41, 5.74) is 0.931. The Kier molecular flexibility index (Phi) is 4.76. The molecule has 1 aliphatic heterocycles. The molecule has 0 unspecified atom stereocenters. The van der Waals surface area contributed by atoms with Gasteiger partial charge in [0.25, 0.3) is 0 Å². The molecule has 0 atom stereocenters. The summed E-state index contributed by atoms with van der Waals surface area (Å²) in [6, 6.07) is 11.6. The van der Waals surface area contributed by atoms with E-state index in [0.717, 1.165) is 6.42 Å². The van der Waals surface area contributed by atoms with E-state index in [9.17, 15) is 9.59 Å². The van der Waals surface area contributed by atoms with Gasteiger partial charge in [-0.15, -0.1) is 0 Å². The molecule has 0 fully saturated rings. The monoisotopic (exact) mass is 381 g/mol. The van der Waals surface area contributed by atoms with Crippen LogP contribution in [0.2, 0.25) is 0 Å². The van der Waals surface area contributed by atoms with Crippen molar-refractivity contribution in [3.63, 3.8) is 0 Å². The topological polar surface area (TPSA) is 102 Å². The summed E-state index contributed by atoms with van der Waals surface area (Å²) in [6.45, 7) is 2.81. The Balaban J connectivity index is 1.62. The number of carbonyl (C=O) groups is 1. The molecule has 0 saturated carbocycles. The number of ether oxygens (including phenoxy) is 2. The molecule has 144 valence electrons. The lowest BCUT2D eigenvalue weighted by Crippen LogP contribution is -2.24. The number of urea groups is 1. The Morgan fingerprint density at radius 3 is 2.71 bits per heavy atom. The van der Waals surface area contributed by atoms with Crippen LogP contribution in [0.5, 0.6) is 11.5 Å². The molecule has 4 rings (SSSR count). The average Bonchev–Trinajstić information content (AvgIpc) is 3.15. The Bertz CT molecular complexity index is 1090. The number of nitrogens with one attached hydrogen (secondary N) is 3. The minimum atomic E-state index is -0.627. The Morgan fingerprint density at radius 1 is 1.04 bits per heavy atom. The first-order valence-corrected chi connectivity index (χ1v) is 8.93. The fourth-order valence-electron chi connectivity index (χ4n) is 2.95. The van der Waals surface area contributed by atoms with Crippen LogP contribution in [-0.2, 0) is 0 Å². The second-order valence-electron chi connectivity index (χ2n) is 6.21. The molecule has 2 amide bonds. The Hall–Kier alpha value is -3.68. The first-order chi connectivity index (χ1) is 13.7. The molecule has 0 saturated heterocycles. The zero-order valence-electron chi connectivity index (χ0n) is 15.2. The maximum absolute atomic E-state index is 12.5. The van der Waals surface area contributed by atoms with Gasteiger partial charge in [-0.05, 0) is 30.7 Å². The van der Waals surface area contributed by atoms with Gasteiger partial charge in [-0.2, -0.15) is 0 Å². The molecular formula is C20H19N3O5. The smallest absolute Gasteiger partial charge is 0.362 e. The van der Waals surface area contributed by atoms with Crippen LogP contribution in [0.25, 0.3) is 11.0 Å². The average molecular weight is 381 g/mol. The molecule has 0 spiro atoms. The predicted molar refractivity (Wildman–Crippen MR) is 106 cm³/mol. The molecule has 8 heteroatoms. The van der Waals surface area contributed by atoms with Gasteiger partial charge < -0.3 is 24.5 Å². The van der Waals surface area contributed by atoms with Gasteiger partial charge in [0.2, 0.25) is 6.79 Å². The van der Waals surface area contributed by atoms with Crippen LogP contribution in [0.3, 0.4) is 0 Å². The molecule has 0 bridgehead atoms. The quantitative estimate of drug-likeness (QED) is 0.578. The minimum absolute atomic E-state index is 0.0605. The zero-order chi connectivity index (χ0) is 19.5. The number of anilines is 3. The van der Waals surface area contributed by atoms with Crippen molar-refractivity contribution < 1.29 is 18.7 Å². The lowest BCUT2D eigenvalue weighted by molar-refractivity contribution is 0.174. The molecule has 2 aromatic carbocycles. The van der Waals surface area contributed by atoms with Crippen molar-refractivity contribution in [2.24, 2.45) is 0 Å². The fraction of sp³-hybridized carbons (Fsp3) is 0.200. The summed E-state index contributed by atoms with van der Waals surface area (Å²) in [5.74, 6) is 1.17. The molecule has 0 radical (unpaired) electrons. The Labute approximate surface area is 160 Å². The van der Waals surface area contributed by atoms with Crippen molar-refractivity contribution in [2.75, 3.05) is 29.3 Å². The van der Waals surface area contributed by atoms with Gasteiger partial charge in [0.15, 0.2) is 17.2 Å². The highest BCUT2D eigenvalue weighted by atomic mass is 16.7. The lowest BCUT2D eigenvalue weighted by Gasteiger charge is -2.14. The number of fused-ring (bicyclic) bond motifs is 2. The number of carbonyl (C=O) groups excluding carboxylic acids is 1. The number of benzene rings is 2. The molecule has 28 heavy (non-hydrogen) atoms. The summed E-state index contributed by atoms with van der Waals surface area (Å²) in [6.07, 6.45) is 0.859. The lowest BCUT2D eigenvalue weighted by atomic mass is 10.2. The highest BCUT2D eigenvalue weighted by Crippen LogP contribution is 2.34. The van der Waals surface area contributed by atoms with E-state index < -0.39 is 11.7 Å². The van der Waals surface area contributed by atoms with Crippen molar-refractivity contribution >= 4 is 34.1 Å². The van der Waals surface area contributed by atoms with Crippen molar-refractivity contribution in [2.45, 2.75) is 13.3 Å². The third-order valence-electron chi connectivity index (χ3n) is 4.23. The third kappa shape index (κ3) is 3.44. The van der Waals surface area contributed by atoms with E-state index >= 15 is 0 Å². The fourth-order valence-corrected chi connectivity index (χ4v) is 2.95. The van der Waals surface area contributed by atoms with Crippen LogP contribution in [-0.4, -0.2) is 19.4 Å². The van der Waals surface area contributed by atoms with E-state index in [2.05, 4.69) is 16.0 Å². The summed E-state index contributed by atoms with van der Waals surface area (Å²) >= 11 is 0. The van der Waals surface area contributed by atoms with Crippen LogP contribution < -0.4 is 31.0 Å². The van der Waals surface area contributed by atoms with E-state index in [-0.39, 0.29) is 12.5 Å². The summed E-state index contributed by atoms with van der Waals surface area (Å²) in [7, 11) is 0. The number of hydrogen-bond donors (Lipinski definition) is 3.